The van der Waals surface area contributed by atoms with E-state index in [-0.39, 0.29) is 17.7 Å². The number of aryl methyl sites for hydroxylation is 1. The maximum atomic E-state index is 12.9. The van der Waals surface area contributed by atoms with Crippen LogP contribution in [0.25, 0.3) is 0 Å². The van der Waals surface area contributed by atoms with E-state index in [9.17, 15) is 10.1 Å². The van der Waals surface area contributed by atoms with Crippen LogP contribution in [0, 0.1) is 24.2 Å². The summed E-state index contributed by atoms with van der Waals surface area (Å²) in [4.78, 5) is 19.5. The Morgan fingerprint density at radius 3 is 2.52 bits per heavy atom. The number of likely N-dealkylation sites (tertiary alicyclic amines) is 1. The van der Waals surface area contributed by atoms with Crippen LogP contribution in [0.4, 0.5) is 0 Å². The summed E-state index contributed by atoms with van der Waals surface area (Å²) < 4.78 is 0. The highest BCUT2D eigenvalue weighted by Crippen LogP contribution is 2.27. The molecule has 0 amide bonds. The van der Waals surface area contributed by atoms with E-state index in [0.717, 1.165) is 31.6 Å². The summed E-state index contributed by atoms with van der Waals surface area (Å²) in [7, 11) is 0. The van der Waals surface area contributed by atoms with Crippen LogP contribution < -0.4 is 0 Å². The van der Waals surface area contributed by atoms with Gasteiger partial charge in [-0.2, -0.15) is 5.26 Å². The Kier molecular flexibility index (Phi) is 5.49. The lowest BCUT2D eigenvalue weighted by Gasteiger charge is -2.36. The van der Waals surface area contributed by atoms with E-state index < -0.39 is 5.92 Å². The number of rotatable bonds is 5. The van der Waals surface area contributed by atoms with Gasteiger partial charge < -0.3 is 0 Å². The van der Waals surface area contributed by atoms with Gasteiger partial charge in [0.2, 0.25) is 0 Å². The van der Waals surface area contributed by atoms with Crippen molar-refractivity contribution < 1.29 is 4.79 Å². The van der Waals surface area contributed by atoms with Crippen LogP contribution in [0.5, 0.6) is 0 Å². The average Bonchev–Trinajstić information content (AvgIpc) is 2.87. The summed E-state index contributed by atoms with van der Waals surface area (Å²) in [6, 6.07) is 2.01. The average molecular weight is 305 g/mol. The Balaban J connectivity index is 2.22. The minimum absolute atomic E-state index is 0.0174. The van der Waals surface area contributed by atoms with Crippen molar-refractivity contribution in [3.05, 3.63) is 16.1 Å². The van der Waals surface area contributed by atoms with Gasteiger partial charge in [0, 0.05) is 11.1 Å². The van der Waals surface area contributed by atoms with Crippen molar-refractivity contribution in [2.24, 2.45) is 5.92 Å². The Labute approximate surface area is 130 Å². The van der Waals surface area contributed by atoms with E-state index in [1.165, 1.54) is 17.8 Å². The number of aromatic nitrogens is 1. The van der Waals surface area contributed by atoms with Crippen molar-refractivity contribution in [3.8, 4) is 6.07 Å². The molecule has 0 bridgehead atoms. The molecule has 2 heterocycles. The maximum Gasteiger partial charge on any atom is 0.174 e. The third-order valence-electron chi connectivity index (χ3n) is 4.00. The van der Waals surface area contributed by atoms with Gasteiger partial charge in [-0.05, 0) is 38.8 Å². The van der Waals surface area contributed by atoms with Crippen molar-refractivity contribution in [3.63, 3.8) is 0 Å². The van der Waals surface area contributed by atoms with E-state index in [4.69, 9.17) is 0 Å². The number of Topliss-reactive ketones (excluding diaryl/α,β-unsaturated/α-hetero) is 1. The molecule has 0 aliphatic carbocycles. The summed E-state index contributed by atoms with van der Waals surface area (Å²) in [6.07, 6.45) is 3.52. The number of carbonyl (C=O) groups is 1. The molecule has 1 aliphatic heterocycles. The topological polar surface area (TPSA) is 57.0 Å². The second-order valence-corrected chi connectivity index (χ2v) is 6.97. The summed E-state index contributed by atoms with van der Waals surface area (Å²) >= 11 is 1.41. The lowest BCUT2D eigenvalue weighted by Crippen LogP contribution is -2.48. The highest BCUT2D eigenvalue weighted by atomic mass is 32.1. The monoisotopic (exact) mass is 305 g/mol. The van der Waals surface area contributed by atoms with Crippen LogP contribution >= 0.6 is 11.3 Å². The number of carbonyl (C=O) groups excluding carboxylic acids is 1. The number of ketones is 1. The van der Waals surface area contributed by atoms with Gasteiger partial charge in [-0.3, -0.25) is 9.69 Å². The zero-order chi connectivity index (χ0) is 15.4. The molecule has 0 spiro atoms. The summed E-state index contributed by atoms with van der Waals surface area (Å²) in [5, 5.41) is 12.0. The summed E-state index contributed by atoms with van der Waals surface area (Å²) in [5.41, 5.74) is 0.877. The van der Waals surface area contributed by atoms with Gasteiger partial charge in [0.15, 0.2) is 11.7 Å². The van der Waals surface area contributed by atoms with Gasteiger partial charge in [0.1, 0.15) is 5.01 Å². The van der Waals surface area contributed by atoms with Gasteiger partial charge in [0.05, 0.1) is 12.1 Å². The largest absolute Gasteiger partial charge is 0.296 e. The fourth-order valence-electron chi connectivity index (χ4n) is 3.04. The minimum atomic E-state index is -0.724. The van der Waals surface area contributed by atoms with E-state index in [2.05, 4.69) is 29.8 Å². The van der Waals surface area contributed by atoms with Crippen LogP contribution in [-0.2, 0) is 4.79 Å². The summed E-state index contributed by atoms with van der Waals surface area (Å²) in [6.45, 7) is 7.95. The third-order valence-corrected chi connectivity index (χ3v) is 5.03. The van der Waals surface area contributed by atoms with Gasteiger partial charge in [0.25, 0.3) is 0 Å². The zero-order valence-electron chi connectivity index (χ0n) is 13.0. The van der Waals surface area contributed by atoms with Gasteiger partial charge in [-0.15, -0.1) is 11.3 Å². The molecule has 0 N–H and O–H groups in total. The van der Waals surface area contributed by atoms with Gasteiger partial charge in [-0.25, -0.2) is 4.98 Å². The number of nitrogens with zero attached hydrogens (tertiary/aromatic N) is 3. The molecule has 21 heavy (non-hydrogen) atoms. The van der Waals surface area contributed by atoms with Crippen LogP contribution in [0.1, 0.15) is 49.7 Å². The van der Waals surface area contributed by atoms with E-state index >= 15 is 0 Å². The molecular formula is C16H23N3OS. The van der Waals surface area contributed by atoms with E-state index in [0.29, 0.717) is 5.01 Å². The quantitative estimate of drug-likeness (QED) is 0.838. The fourth-order valence-corrected chi connectivity index (χ4v) is 3.89. The van der Waals surface area contributed by atoms with Crippen molar-refractivity contribution in [1.29, 1.82) is 5.26 Å². The molecule has 1 saturated heterocycles. The lowest BCUT2D eigenvalue weighted by molar-refractivity contribution is -0.126. The molecule has 0 radical (unpaired) electrons. The molecule has 0 unspecified atom stereocenters. The second kappa shape index (κ2) is 7.15. The molecule has 1 aromatic heterocycles. The van der Waals surface area contributed by atoms with E-state index in [1.807, 2.05) is 12.3 Å². The molecule has 0 saturated carbocycles. The van der Waals surface area contributed by atoms with E-state index in [1.54, 1.807) is 0 Å². The van der Waals surface area contributed by atoms with Crippen LogP contribution in [-0.4, -0.2) is 34.8 Å². The highest BCUT2D eigenvalue weighted by Gasteiger charge is 2.36. The molecule has 0 aromatic carbocycles. The normalized spacial score (nSPS) is 19.2. The first-order valence-corrected chi connectivity index (χ1v) is 8.52. The first-order chi connectivity index (χ1) is 10.0. The molecule has 2 atom stereocenters. The van der Waals surface area contributed by atoms with Gasteiger partial charge >= 0.3 is 0 Å². The van der Waals surface area contributed by atoms with Crippen molar-refractivity contribution >= 4 is 17.1 Å². The summed E-state index contributed by atoms with van der Waals surface area (Å²) in [5.74, 6) is -0.491. The smallest absolute Gasteiger partial charge is 0.174 e. The number of thiazole rings is 1. The molecule has 2 rings (SSSR count). The standard InChI is InChI=1S/C16H23N3OS/c1-11(2)14(19-7-5-4-6-8-19)15(20)13(9-17)16-18-12(3)10-21-16/h10-11,13-14H,4-8H2,1-3H3/t13-,14-/m1/s1. The number of piperidine rings is 1. The Bertz CT molecular complexity index is 526. The molecule has 1 fully saturated rings. The fraction of sp³-hybridized carbons (Fsp3) is 0.688. The number of hydrogen-bond donors (Lipinski definition) is 0. The molecular weight excluding hydrogens is 282 g/mol. The molecule has 1 aliphatic rings. The van der Waals surface area contributed by atoms with Gasteiger partial charge in [-0.1, -0.05) is 20.3 Å². The highest BCUT2D eigenvalue weighted by molar-refractivity contribution is 7.09. The lowest BCUT2D eigenvalue weighted by atomic mass is 9.89. The van der Waals surface area contributed by atoms with Crippen LogP contribution in [0.2, 0.25) is 0 Å². The maximum absolute atomic E-state index is 12.9. The molecule has 114 valence electrons. The second-order valence-electron chi connectivity index (χ2n) is 6.08. The minimum Gasteiger partial charge on any atom is -0.296 e. The first kappa shape index (κ1) is 16.1. The Hall–Kier alpha value is -1.25. The van der Waals surface area contributed by atoms with Crippen molar-refractivity contribution in [2.45, 2.75) is 52.0 Å². The Morgan fingerprint density at radius 1 is 1.38 bits per heavy atom. The first-order valence-electron chi connectivity index (χ1n) is 7.64. The molecule has 1 aromatic rings. The van der Waals surface area contributed by atoms with Crippen LogP contribution in [0.15, 0.2) is 5.38 Å². The zero-order valence-corrected chi connectivity index (χ0v) is 13.8. The third kappa shape index (κ3) is 3.69. The molecule has 4 nitrogen and oxygen atoms in total. The SMILES string of the molecule is Cc1csc([C@H](C#N)C(=O)[C@@H](C(C)C)N2CCCCC2)n1. The predicted molar refractivity (Wildman–Crippen MR) is 84.3 cm³/mol. The Morgan fingerprint density at radius 2 is 2.05 bits per heavy atom. The number of hydrogen-bond acceptors (Lipinski definition) is 5. The van der Waals surface area contributed by atoms with Crippen molar-refractivity contribution in [2.75, 3.05) is 13.1 Å². The number of nitriles is 1. The van der Waals surface area contributed by atoms with Crippen LogP contribution in [0.3, 0.4) is 0 Å². The molecule has 5 heteroatoms. The van der Waals surface area contributed by atoms with Crippen molar-refractivity contribution in [1.82, 2.24) is 9.88 Å². The predicted octanol–water partition coefficient (Wildman–Crippen LogP) is 3.14.